The van der Waals surface area contributed by atoms with Gasteiger partial charge in [0, 0.05) is 24.2 Å². The number of nitrogens with zero attached hydrogens (tertiary/aromatic N) is 1. The molecule has 0 aromatic heterocycles. The van der Waals surface area contributed by atoms with Crippen LogP contribution in [-0.4, -0.2) is 24.2 Å². The molecule has 3 aliphatic heterocycles. The van der Waals surface area contributed by atoms with Crippen molar-refractivity contribution >= 4 is 11.9 Å². The van der Waals surface area contributed by atoms with E-state index in [0.717, 1.165) is 29.0 Å². The zero-order valence-electron chi connectivity index (χ0n) is 17.6. The van der Waals surface area contributed by atoms with Gasteiger partial charge in [-0.25, -0.2) is 0 Å². The van der Waals surface area contributed by atoms with Gasteiger partial charge in [0.05, 0.1) is 5.56 Å². The summed E-state index contributed by atoms with van der Waals surface area (Å²) in [5, 5.41) is 0. The minimum absolute atomic E-state index is 0.122. The molecule has 6 rings (SSSR count). The van der Waals surface area contributed by atoms with Crippen LogP contribution in [0.3, 0.4) is 0 Å². The summed E-state index contributed by atoms with van der Waals surface area (Å²) in [7, 11) is 0. The topological polar surface area (TPSA) is 57.2 Å². The molecule has 0 bridgehead atoms. The molecular weight excluding hydrogens is 406 g/mol. The summed E-state index contributed by atoms with van der Waals surface area (Å²) < 4.78 is 22.9. The number of ether oxygens (including phenoxy) is 4. The first kappa shape index (κ1) is 19.0. The van der Waals surface area contributed by atoms with Crippen molar-refractivity contribution in [1.29, 1.82) is 0 Å². The molecule has 0 spiro atoms. The third-order valence-electron chi connectivity index (χ3n) is 5.95. The average molecular weight is 427 g/mol. The predicted octanol–water partition coefficient (Wildman–Crippen LogP) is 4.69. The average Bonchev–Trinajstić information content (AvgIpc) is 3.39. The highest BCUT2D eigenvalue weighted by atomic mass is 16.7. The van der Waals surface area contributed by atoms with E-state index in [2.05, 4.69) is 17.0 Å². The highest BCUT2D eigenvalue weighted by Gasteiger charge is 2.33. The zero-order chi connectivity index (χ0) is 21.7. The van der Waals surface area contributed by atoms with Gasteiger partial charge in [0.1, 0.15) is 18.2 Å². The Balaban J connectivity index is 1.28. The van der Waals surface area contributed by atoms with Gasteiger partial charge in [0.15, 0.2) is 17.3 Å². The SMILES string of the molecule is Cc1c2c(cc3c1O/C(=C\c1ccc4c(c1)OCO4)C3=O)CN(Cc1ccccc1)CO2. The maximum absolute atomic E-state index is 13.1. The molecule has 0 fully saturated rings. The fraction of sp³-hybridized carbons (Fsp3) is 0.192. The van der Waals surface area contributed by atoms with Crippen LogP contribution in [0.15, 0.2) is 60.4 Å². The van der Waals surface area contributed by atoms with Gasteiger partial charge in [-0.05, 0) is 42.3 Å². The molecular formula is C26H21NO5. The van der Waals surface area contributed by atoms with Crippen molar-refractivity contribution in [1.82, 2.24) is 4.90 Å². The van der Waals surface area contributed by atoms with E-state index in [1.165, 1.54) is 5.56 Å². The third-order valence-corrected chi connectivity index (χ3v) is 5.95. The Labute approximate surface area is 185 Å². The summed E-state index contributed by atoms with van der Waals surface area (Å²) in [5.41, 5.74) is 4.49. The minimum atomic E-state index is -0.122. The molecule has 0 saturated heterocycles. The number of benzene rings is 3. The normalized spacial score (nSPS) is 17.7. The molecule has 3 aliphatic rings. The maximum atomic E-state index is 13.1. The van der Waals surface area contributed by atoms with Crippen molar-refractivity contribution in [3.8, 4) is 23.0 Å². The fourth-order valence-electron chi connectivity index (χ4n) is 4.39. The van der Waals surface area contributed by atoms with Gasteiger partial charge in [-0.2, -0.15) is 0 Å². The molecule has 0 amide bonds. The van der Waals surface area contributed by atoms with Crippen molar-refractivity contribution < 1.29 is 23.7 Å². The Morgan fingerprint density at radius 1 is 0.969 bits per heavy atom. The molecule has 3 heterocycles. The Morgan fingerprint density at radius 3 is 2.69 bits per heavy atom. The number of fused-ring (bicyclic) bond motifs is 3. The summed E-state index contributed by atoms with van der Waals surface area (Å²) in [6.45, 7) is 4.15. The van der Waals surface area contributed by atoms with E-state index in [1.54, 1.807) is 6.08 Å². The molecule has 3 aromatic rings. The lowest BCUT2D eigenvalue weighted by Crippen LogP contribution is -2.32. The van der Waals surface area contributed by atoms with E-state index in [-0.39, 0.29) is 12.6 Å². The van der Waals surface area contributed by atoms with Gasteiger partial charge >= 0.3 is 0 Å². The van der Waals surface area contributed by atoms with Gasteiger partial charge in [-0.3, -0.25) is 9.69 Å². The van der Waals surface area contributed by atoms with Crippen LogP contribution < -0.4 is 18.9 Å². The lowest BCUT2D eigenvalue weighted by molar-refractivity contribution is 0.0876. The molecule has 0 unspecified atom stereocenters. The van der Waals surface area contributed by atoms with E-state index >= 15 is 0 Å². The Bertz CT molecular complexity index is 1260. The lowest BCUT2D eigenvalue weighted by atomic mass is 10.00. The summed E-state index contributed by atoms with van der Waals surface area (Å²) in [6.07, 6.45) is 1.74. The standard InChI is InChI=1S/C26H21NO5/c1-16-25-19(13-27(14-29-25)12-17-5-3-2-4-6-17)11-20-24(28)23(32-26(16)20)10-18-7-8-21-22(9-18)31-15-30-21/h2-11H,12-15H2,1H3/b23-10-. The summed E-state index contributed by atoms with van der Waals surface area (Å²) >= 11 is 0. The quantitative estimate of drug-likeness (QED) is 0.565. The van der Waals surface area contributed by atoms with Gasteiger partial charge in [0.25, 0.3) is 0 Å². The minimum Gasteiger partial charge on any atom is -0.477 e. The molecule has 32 heavy (non-hydrogen) atoms. The summed E-state index contributed by atoms with van der Waals surface area (Å²) in [6, 6.07) is 17.8. The number of ketones is 1. The number of carbonyl (C=O) groups is 1. The van der Waals surface area contributed by atoms with E-state index in [1.807, 2.05) is 49.4 Å². The highest BCUT2D eigenvalue weighted by Crippen LogP contribution is 2.43. The van der Waals surface area contributed by atoms with Gasteiger partial charge < -0.3 is 18.9 Å². The largest absolute Gasteiger partial charge is 0.477 e. The van der Waals surface area contributed by atoms with Crippen LogP contribution >= 0.6 is 0 Å². The first-order chi connectivity index (χ1) is 15.7. The van der Waals surface area contributed by atoms with Crippen molar-refractivity contribution in [2.75, 3.05) is 13.5 Å². The highest BCUT2D eigenvalue weighted by molar-refractivity contribution is 6.15. The van der Waals surface area contributed by atoms with Gasteiger partial charge in [0.2, 0.25) is 12.6 Å². The fourth-order valence-corrected chi connectivity index (χ4v) is 4.39. The van der Waals surface area contributed by atoms with Crippen molar-refractivity contribution in [2.24, 2.45) is 0 Å². The molecule has 6 heteroatoms. The molecule has 0 atom stereocenters. The number of hydrogen-bond acceptors (Lipinski definition) is 6. The van der Waals surface area contributed by atoms with E-state index in [9.17, 15) is 4.79 Å². The van der Waals surface area contributed by atoms with Gasteiger partial charge in [-0.15, -0.1) is 0 Å². The first-order valence-corrected chi connectivity index (χ1v) is 10.5. The van der Waals surface area contributed by atoms with E-state index in [0.29, 0.717) is 41.8 Å². The molecule has 0 saturated carbocycles. The second-order valence-electron chi connectivity index (χ2n) is 8.17. The van der Waals surface area contributed by atoms with Crippen LogP contribution in [-0.2, 0) is 13.1 Å². The number of hydrogen-bond donors (Lipinski definition) is 0. The van der Waals surface area contributed by atoms with Crippen LogP contribution in [0.5, 0.6) is 23.0 Å². The summed E-state index contributed by atoms with van der Waals surface area (Å²) in [5.74, 6) is 2.94. The molecule has 6 nitrogen and oxygen atoms in total. The maximum Gasteiger partial charge on any atom is 0.231 e. The number of carbonyl (C=O) groups excluding carboxylic acids is 1. The molecule has 0 aliphatic carbocycles. The van der Waals surface area contributed by atoms with Crippen LogP contribution in [0, 0.1) is 6.92 Å². The number of Topliss-reactive ketones (excluding diaryl/α,β-unsaturated/α-hetero) is 1. The summed E-state index contributed by atoms with van der Waals surface area (Å²) in [4.78, 5) is 15.4. The van der Waals surface area contributed by atoms with E-state index < -0.39 is 0 Å². The monoisotopic (exact) mass is 427 g/mol. The van der Waals surface area contributed by atoms with Crippen LogP contribution in [0.1, 0.15) is 32.6 Å². The molecule has 3 aromatic carbocycles. The molecule has 0 N–H and O–H groups in total. The molecule has 160 valence electrons. The Kier molecular flexibility index (Phi) is 4.40. The van der Waals surface area contributed by atoms with Crippen molar-refractivity contribution in [3.05, 3.63) is 88.2 Å². The molecule has 0 radical (unpaired) electrons. The van der Waals surface area contributed by atoms with E-state index in [4.69, 9.17) is 18.9 Å². The number of allylic oxidation sites excluding steroid dienone is 1. The predicted molar refractivity (Wildman–Crippen MR) is 118 cm³/mol. The van der Waals surface area contributed by atoms with Crippen molar-refractivity contribution in [2.45, 2.75) is 20.0 Å². The Hall–Kier alpha value is -3.77. The van der Waals surface area contributed by atoms with Crippen LogP contribution in [0.25, 0.3) is 6.08 Å². The van der Waals surface area contributed by atoms with Gasteiger partial charge in [-0.1, -0.05) is 36.4 Å². The second kappa shape index (κ2) is 7.43. The Morgan fingerprint density at radius 2 is 1.81 bits per heavy atom. The van der Waals surface area contributed by atoms with Crippen LogP contribution in [0.4, 0.5) is 0 Å². The smallest absolute Gasteiger partial charge is 0.231 e. The third kappa shape index (κ3) is 3.20. The van der Waals surface area contributed by atoms with Crippen LogP contribution in [0.2, 0.25) is 0 Å². The second-order valence-corrected chi connectivity index (χ2v) is 8.17. The van der Waals surface area contributed by atoms with Crippen molar-refractivity contribution in [3.63, 3.8) is 0 Å². The zero-order valence-corrected chi connectivity index (χ0v) is 17.6. The first-order valence-electron chi connectivity index (χ1n) is 10.5. The lowest BCUT2D eigenvalue weighted by Gasteiger charge is -2.30. The number of rotatable bonds is 3.